The number of anilines is 1. The number of carbonyl (C=O) groups excluding carboxylic acids is 1. The van der Waals surface area contributed by atoms with Crippen molar-refractivity contribution < 1.29 is 49.5 Å². The van der Waals surface area contributed by atoms with Crippen LogP contribution in [-0.4, -0.2) is 36.3 Å². The number of hydrogen-bond acceptors (Lipinski definition) is 4. The zero-order chi connectivity index (χ0) is 38.6. The summed E-state index contributed by atoms with van der Waals surface area (Å²) in [6.45, 7) is 3.65. The lowest BCUT2D eigenvalue weighted by molar-refractivity contribution is -0.119. The van der Waals surface area contributed by atoms with E-state index in [0.29, 0.717) is 29.9 Å². The van der Waals surface area contributed by atoms with E-state index in [1.54, 1.807) is 0 Å². The molecule has 0 radical (unpaired) electrons. The summed E-state index contributed by atoms with van der Waals surface area (Å²) in [5.74, 6) is -15.9. The number of carboxylic acid groups (broad SMARTS) is 1. The normalized spacial score (nSPS) is 14.8. The Labute approximate surface area is 302 Å². The first-order chi connectivity index (χ1) is 24.9. The van der Waals surface area contributed by atoms with E-state index in [2.05, 4.69) is 6.07 Å². The van der Waals surface area contributed by atoms with Crippen molar-refractivity contribution in [3.63, 3.8) is 0 Å². The van der Waals surface area contributed by atoms with Gasteiger partial charge in [0.1, 0.15) is 5.82 Å². The van der Waals surface area contributed by atoms with E-state index in [9.17, 15) is 40.7 Å². The third-order valence-corrected chi connectivity index (χ3v) is 11.4. The number of aromatic carboxylic acids is 1. The number of hydrogen-bond donors (Lipinski definition) is 1. The summed E-state index contributed by atoms with van der Waals surface area (Å²) in [5.41, 5.74) is 2.68. The molecule has 2 saturated carbocycles. The predicted octanol–water partition coefficient (Wildman–Crippen LogP) is 8.70. The molecule has 280 valence electrons. The summed E-state index contributed by atoms with van der Waals surface area (Å²) in [6.07, 6.45) is 3.30. The molecule has 53 heavy (non-hydrogen) atoms. The Bertz CT molecular complexity index is 2200. The number of halogens is 6. The van der Waals surface area contributed by atoms with E-state index in [1.165, 1.54) is 35.2 Å². The number of amides is 1. The van der Waals surface area contributed by atoms with Crippen LogP contribution in [0, 0.1) is 34.9 Å². The minimum atomic E-state index is -5.75. The van der Waals surface area contributed by atoms with Crippen molar-refractivity contribution in [2.45, 2.75) is 81.7 Å². The molecule has 2 fully saturated rings. The van der Waals surface area contributed by atoms with Crippen LogP contribution in [0.5, 0.6) is 0 Å². The quantitative estimate of drug-likeness (QED) is 0.0887. The van der Waals surface area contributed by atoms with Gasteiger partial charge in [-0.05, 0) is 89.5 Å². The van der Waals surface area contributed by atoms with Gasteiger partial charge in [-0.3, -0.25) is 4.79 Å². The van der Waals surface area contributed by atoms with Crippen molar-refractivity contribution in [1.82, 2.24) is 4.31 Å². The molecule has 14 heteroatoms. The van der Waals surface area contributed by atoms with Gasteiger partial charge in [-0.2, -0.15) is 4.31 Å². The molecule has 4 aromatic carbocycles. The SMILES string of the molecule is CC(C)(C)c1cc(CN(C(=O)CN(Cc2ccccc2F)S(=O)(=O)c2c(F)c(F)c(F)c(F)c2F)c2ccc(C(=O)O)cc2C2CC2)cc(C2CC2)c1. The standard InChI is InChI=1S/C39H36F6N2O5S/c1-39(2,3)27-15-21(14-26(16-27)22-8-9-22)18-47(30-13-12-24(38(49)50)17-28(30)23-10-11-23)31(48)20-46(19-25-6-4-5-7-29(25)40)53(51,52)37-35(44)33(42)32(41)34(43)36(37)45/h4-7,12-17,22-23H,8-11,18-20H2,1-3H3,(H,49,50). The third-order valence-electron chi connectivity index (χ3n) is 9.54. The number of nitrogens with zero attached hydrogens (tertiary/aromatic N) is 2. The highest BCUT2D eigenvalue weighted by Crippen LogP contribution is 2.46. The summed E-state index contributed by atoms with van der Waals surface area (Å²) >= 11 is 0. The third kappa shape index (κ3) is 7.84. The summed E-state index contributed by atoms with van der Waals surface area (Å²) in [5, 5.41) is 9.74. The highest BCUT2D eigenvalue weighted by Gasteiger charge is 2.40. The van der Waals surface area contributed by atoms with Gasteiger partial charge in [0.25, 0.3) is 0 Å². The smallest absolute Gasteiger partial charge is 0.335 e. The second kappa shape index (κ2) is 14.3. The number of carboxylic acids is 1. The predicted molar refractivity (Wildman–Crippen MR) is 184 cm³/mol. The molecule has 0 heterocycles. The minimum Gasteiger partial charge on any atom is -0.478 e. The molecule has 6 rings (SSSR count). The minimum absolute atomic E-state index is 0.0520. The molecule has 2 aliphatic carbocycles. The molecule has 0 aliphatic heterocycles. The summed E-state index contributed by atoms with van der Waals surface area (Å²) in [4.78, 5) is 25.6. The summed E-state index contributed by atoms with van der Waals surface area (Å²) < 4.78 is 116. The first kappa shape index (κ1) is 38.0. The number of sulfonamides is 1. The molecule has 4 aromatic rings. The van der Waals surface area contributed by atoms with Crippen LogP contribution in [-0.2, 0) is 33.3 Å². The van der Waals surface area contributed by atoms with Crippen molar-refractivity contribution in [2.75, 3.05) is 11.4 Å². The Morgan fingerprint density at radius 3 is 1.94 bits per heavy atom. The van der Waals surface area contributed by atoms with Gasteiger partial charge in [0.05, 0.1) is 18.7 Å². The van der Waals surface area contributed by atoms with Gasteiger partial charge in [-0.25, -0.2) is 39.6 Å². The molecule has 1 N–H and O–H groups in total. The summed E-state index contributed by atoms with van der Waals surface area (Å²) in [6, 6.07) is 14.8. The van der Waals surface area contributed by atoms with Gasteiger partial charge in [0, 0.05) is 17.8 Å². The first-order valence-corrected chi connectivity index (χ1v) is 18.4. The highest BCUT2D eigenvalue weighted by molar-refractivity contribution is 7.89. The van der Waals surface area contributed by atoms with E-state index < -0.39 is 74.8 Å². The van der Waals surface area contributed by atoms with Gasteiger partial charge >= 0.3 is 5.97 Å². The Morgan fingerprint density at radius 2 is 1.38 bits per heavy atom. The Morgan fingerprint density at radius 1 is 0.774 bits per heavy atom. The van der Waals surface area contributed by atoms with Crippen LogP contribution in [0.3, 0.4) is 0 Å². The van der Waals surface area contributed by atoms with Crippen molar-refractivity contribution >= 4 is 27.6 Å². The Kier molecular flexibility index (Phi) is 10.2. The molecule has 0 saturated heterocycles. The van der Waals surface area contributed by atoms with Crippen LogP contribution < -0.4 is 4.90 Å². The van der Waals surface area contributed by atoms with E-state index in [1.807, 2.05) is 32.9 Å². The highest BCUT2D eigenvalue weighted by atomic mass is 32.2. The van der Waals surface area contributed by atoms with Crippen molar-refractivity contribution in [2.24, 2.45) is 0 Å². The fourth-order valence-electron chi connectivity index (χ4n) is 6.26. The molecule has 0 unspecified atom stereocenters. The van der Waals surface area contributed by atoms with Gasteiger partial charge in [0.15, 0.2) is 28.2 Å². The topological polar surface area (TPSA) is 95.0 Å². The number of benzene rings is 4. The Hall–Kier alpha value is -4.69. The van der Waals surface area contributed by atoms with Crippen LogP contribution in [0.15, 0.2) is 65.6 Å². The molecule has 1 amide bonds. The summed E-state index contributed by atoms with van der Waals surface area (Å²) in [7, 11) is -5.75. The monoisotopic (exact) mass is 758 g/mol. The zero-order valence-corrected chi connectivity index (χ0v) is 29.8. The van der Waals surface area contributed by atoms with Crippen LogP contribution in [0.4, 0.5) is 32.0 Å². The average molecular weight is 759 g/mol. The lowest BCUT2D eigenvalue weighted by Crippen LogP contribution is -2.43. The van der Waals surface area contributed by atoms with Crippen molar-refractivity contribution in [3.05, 3.63) is 129 Å². The largest absolute Gasteiger partial charge is 0.478 e. The number of rotatable bonds is 12. The van der Waals surface area contributed by atoms with E-state index in [0.717, 1.165) is 36.1 Å². The zero-order valence-electron chi connectivity index (χ0n) is 29.0. The molecular weight excluding hydrogens is 722 g/mol. The number of carbonyl (C=O) groups is 2. The van der Waals surface area contributed by atoms with Crippen LogP contribution in [0.2, 0.25) is 0 Å². The maximum Gasteiger partial charge on any atom is 0.335 e. The van der Waals surface area contributed by atoms with Gasteiger partial charge in [-0.15, -0.1) is 0 Å². The maximum absolute atomic E-state index is 15.1. The fourth-order valence-corrected chi connectivity index (χ4v) is 7.74. The van der Waals surface area contributed by atoms with Crippen molar-refractivity contribution in [3.8, 4) is 0 Å². The molecule has 0 aromatic heterocycles. The van der Waals surface area contributed by atoms with Gasteiger partial charge in [-0.1, -0.05) is 57.2 Å². The second-order valence-electron chi connectivity index (χ2n) is 14.6. The first-order valence-electron chi connectivity index (χ1n) is 17.0. The van der Waals surface area contributed by atoms with E-state index >= 15 is 8.78 Å². The van der Waals surface area contributed by atoms with Gasteiger partial charge in [0.2, 0.25) is 21.7 Å². The van der Waals surface area contributed by atoms with Crippen LogP contribution in [0.1, 0.15) is 96.5 Å². The Balaban J connectivity index is 1.50. The molecule has 0 atom stereocenters. The van der Waals surface area contributed by atoms with Crippen LogP contribution in [0.25, 0.3) is 0 Å². The molecular formula is C39H36F6N2O5S. The van der Waals surface area contributed by atoms with E-state index in [4.69, 9.17) is 0 Å². The molecule has 0 spiro atoms. The average Bonchev–Trinajstić information content (AvgIpc) is 4.03. The molecule has 0 bridgehead atoms. The lowest BCUT2D eigenvalue weighted by Gasteiger charge is -2.30. The second-order valence-corrected chi connectivity index (χ2v) is 16.5. The van der Waals surface area contributed by atoms with Crippen molar-refractivity contribution in [1.29, 1.82) is 0 Å². The van der Waals surface area contributed by atoms with Gasteiger partial charge < -0.3 is 10.0 Å². The van der Waals surface area contributed by atoms with Crippen LogP contribution >= 0.6 is 0 Å². The maximum atomic E-state index is 15.1. The molecule has 2 aliphatic rings. The molecule has 7 nitrogen and oxygen atoms in total. The van der Waals surface area contributed by atoms with E-state index in [-0.39, 0.29) is 39.0 Å². The lowest BCUT2D eigenvalue weighted by atomic mass is 9.84. The fraction of sp³-hybridized carbons (Fsp3) is 0.333.